The third-order valence-corrected chi connectivity index (χ3v) is 3.88. The normalized spacial score (nSPS) is 20.0. The standard InChI is InChI=1S/C17H23NO5/c1-17(2,3)23-16(22)18-9-11-6-10-7-12(19)4-5-13(10)14(11)8-15(20)21/h4-5,7,11,14,19H,6,8-9H2,1-3H3,(H,18,22)(H,20,21). The average molecular weight is 321 g/mol. The first-order valence-electron chi connectivity index (χ1n) is 7.66. The molecule has 1 aromatic rings. The molecule has 0 bridgehead atoms. The van der Waals surface area contributed by atoms with Gasteiger partial charge in [0.25, 0.3) is 0 Å². The van der Waals surface area contributed by atoms with Gasteiger partial charge in [0, 0.05) is 6.54 Å². The summed E-state index contributed by atoms with van der Waals surface area (Å²) in [5.74, 6) is -0.926. The summed E-state index contributed by atoms with van der Waals surface area (Å²) in [7, 11) is 0. The largest absolute Gasteiger partial charge is 0.508 e. The van der Waals surface area contributed by atoms with Crippen LogP contribution in [0.25, 0.3) is 0 Å². The van der Waals surface area contributed by atoms with Crippen LogP contribution in [0.4, 0.5) is 4.79 Å². The first-order valence-corrected chi connectivity index (χ1v) is 7.66. The summed E-state index contributed by atoms with van der Waals surface area (Å²) < 4.78 is 5.20. The number of carboxylic acids is 1. The Morgan fingerprint density at radius 3 is 2.65 bits per heavy atom. The SMILES string of the molecule is CC(C)(C)OC(=O)NCC1Cc2cc(O)ccc2C1CC(=O)O. The van der Waals surface area contributed by atoms with Crippen molar-refractivity contribution in [1.82, 2.24) is 5.32 Å². The lowest BCUT2D eigenvalue weighted by atomic mass is 9.89. The van der Waals surface area contributed by atoms with Gasteiger partial charge in [0.2, 0.25) is 0 Å². The molecular formula is C17H23NO5. The Balaban J connectivity index is 2.06. The molecule has 0 radical (unpaired) electrons. The number of rotatable bonds is 4. The molecule has 1 amide bonds. The number of phenolic OH excluding ortho intramolecular Hbond substituents is 1. The van der Waals surface area contributed by atoms with Crippen LogP contribution in [0.15, 0.2) is 18.2 Å². The van der Waals surface area contributed by atoms with E-state index < -0.39 is 17.7 Å². The van der Waals surface area contributed by atoms with Crippen molar-refractivity contribution >= 4 is 12.1 Å². The van der Waals surface area contributed by atoms with Crippen molar-refractivity contribution in [2.24, 2.45) is 5.92 Å². The van der Waals surface area contributed by atoms with Crippen LogP contribution in [-0.4, -0.2) is 34.4 Å². The molecule has 126 valence electrons. The van der Waals surface area contributed by atoms with Gasteiger partial charge in [0.1, 0.15) is 11.4 Å². The number of carboxylic acid groups (broad SMARTS) is 1. The van der Waals surface area contributed by atoms with E-state index in [1.54, 1.807) is 39.0 Å². The van der Waals surface area contributed by atoms with Gasteiger partial charge < -0.3 is 20.3 Å². The maximum atomic E-state index is 11.8. The topological polar surface area (TPSA) is 95.9 Å². The number of hydrogen-bond donors (Lipinski definition) is 3. The van der Waals surface area contributed by atoms with E-state index in [-0.39, 0.29) is 24.0 Å². The molecule has 0 spiro atoms. The summed E-state index contributed by atoms with van der Waals surface area (Å²) in [5.41, 5.74) is 1.29. The van der Waals surface area contributed by atoms with Crippen LogP contribution in [0, 0.1) is 5.92 Å². The Morgan fingerprint density at radius 2 is 2.04 bits per heavy atom. The molecule has 0 fully saturated rings. The number of fused-ring (bicyclic) bond motifs is 1. The van der Waals surface area contributed by atoms with Crippen LogP contribution in [-0.2, 0) is 16.0 Å². The van der Waals surface area contributed by atoms with Crippen molar-refractivity contribution in [1.29, 1.82) is 0 Å². The van der Waals surface area contributed by atoms with Gasteiger partial charge in [-0.25, -0.2) is 4.79 Å². The van der Waals surface area contributed by atoms with Gasteiger partial charge in [-0.15, -0.1) is 0 Å². The van der Waals surface area contributed by atoms with Crippen LogP contribution in [0.3, 0.4) is 0 Å². The van der Waals surface area contributed by atoms with E-state index in [0.29, 0.717) is 13.0 Å². The molecule has 2 unspecified atom stereocenters. The number of benzene rings is 1. The minimum atomic E-state index is -0.877. The van der Waals surface area contributed by atoms with Crippen molar-refractivity contribution < 1.29 is 24.5 Å². The molecule has 6 nitrogen and oxygen atoms in total. The van der Waals surface area contributed by atoms with Crippen molar-refractivity contribution in [2.75, 3.05) is 6.54 Å². The van der Waals surface area contributed by atoms with Crippen molar-refractivity contribution in [3.8, 4) is 5.75 Å². The molecule has 1 aromatic carbocycles. The molecule has 1 aliphatic carbocycles. The van der Waals surface area contributed by atoms with Gasteiger partial charge in [-0.3, -0.25) is 4.79 Å². The second-order valence-corrected chi connectivity index (χ2v) is 6.93. The maximum absolute atomic E-state index is 11.8. The average Bonchev–Trinajstić information content (AvgIpc) is 2.71. The molecule has 0 aliphatic heterocycles. The summed E-state index contributed by atoms with van der Waals surface area (Å²) in [6.45, 7) is 5.69. The number of carbonyl (C=O) groups excluding carboxylic acids is 1. The molecule has 6 heteroatoms. The van der Waals surface area contributed by atoms with Crippen LogP contribution in [0.2, 0.25) is 0 Å². The molecule has 1 aliphatic rings. The molecule has 0 saturated heterocycles. The zero-order valence-electron chi connectivity index (χ0n) is 13.6. The van der Waals surface area contributed by atoms with E-state index in [2.05, 4.69) is 5.32 Å². The number of carbonyl (C=O) groups is 2. The Hall–Kier alpha value is -2.24. The number of nitrogens with one attached hydrogen (secondary N) is 1. The van der Waals surface area contributed by atoms with E-state index in [0.717, 1.165) is 11.1 Å². The number of aromatic hydroxyl groups is 1. The van der Waals surface area contributed by atoms with Crippen molar-refractivity contribution in [2.45, 2.75) is 45.1 Å². The molecular weight excluding hydrogens is 298 g/mol. The van der Waals surface area contributed by atoms with E-state index in [4.69, 9.17) is 9.84 Å². The summed E-state index contributed by atoms with van der Waals surface area (Å²) in [6.07, 6.45) is 0.112. The number of hydrogen-bond acceptors (Lipinski definition) is 4. The molecule has 3 N–H and O–H groups in total. The van der Waals surface area contributed by atoms with Crippen molar-refractivity contribution in [3.63, 3.8) is 0 Å². The molecule has 2 rings (SSSR count). The second kappa shape index (κ2) is 6.48. The van der Waals surface area contributed by atoms with Gasteiger partial charge in [0.15, 0.2) is 0 Å². The zero-order chi connectivity index (χ0) is 17.2. The predicted octanol–water partition coefficient (Wildman–Crippen LogP) is 2.65. The lowest BCUT2D eigenvalue weighted by Gasteiger charge is -2.22. The number of ether oxygens (including phenoxy) is 1. The molecule has 0 aromatic heterocycles. The zero-order valence-corrected chi connectivity index (χ0v) is 13.6. The maximum Gasteiger partial charge on any atom is 0.407 e. The lowest BCUT2D eigenvalue weighted by Crippen LogP contribution is -2.36. The minimum absolute atomic E-state index is 0.00155. The fourth-order valence-electron chi connectivity index (χ4n) is 3.02. The monoisotopic (exact) mass is 321 g/mol. The Bertz CT molecular complexity index is 605. The van der Waals surface area contributed by atoms with Gasteiger partial charge in [-0.1, -0.05) is 6.07 Å². The number of phenols is 1. The van der Waals surface area contributed by atoms with E-state index in [1.165, 1.54) is 0 Å². The summed E-state index contributed by atoms with van der Waals surface area (Å²) in [4.78, 5) is 22.9. The first-order chi connectivity index (χ1) is 10.7. The van der Waals surface area contributed by atoms with Gasteiger partial charge in [-0.2, -0.15) is 0 Å². The van der Waals surface area contributed by atoms with Gasteiger partial charge >= 0.3 is 12.1 Å². The highest BCUT2D eigenvalue weighted by Crippen LogP contribution is 2.41. The number of amides is 1. The summed E-state index contributed by atoms with van der Waals surface area (Å²) >= 11 is 0. The Kier molecular flexibility index (Phi) is 4.82. The first kappa shape index (κ1) is 17.1. The highest BCUT2D eigenvalue weighted by molar-refractivity contribution is 5.69. The second-order valence-electron chi connectivity index (χ2n) is 6.93. The van der Waals surface area contributed by atoms with Gasteiger partial charge in [-0.05, 0) is 62.3 Å². The van der Waals surface area contributed by atoms with E-state index in [9.17, 15) is 14.7 Å². The lowest BCUT2D eigenvalue weighted by molar-refractivity contribution is -0.137. The summed E-state index contributed by atoms with van der Waals surface area (Å²) in [6, 6.07) is 5.00. The fourth-order valence-corrected chi connectivity index (χ4v) is 3.02. The Morgan fingerprint density at radius 1 is 1.35 bits per heavy atom. The smallest absolute Gasteiger partial charge is 0.407 e. The summed E-state index contributed by atoms with van der Waals surface area (Å²) in [5, 5.41) is 21.4. The van der Waals surface area contributed by atoms with Gasteiger partial charge in [0.05, 0.1) is 6.42 Å². The Labute approximate surface area is 135 Å². The number of aliphatic carboxylic acids is 1. The van der Waals surface area contributed by atoms with Crippen LogP contribution >= 0.6 is 0 Å². The molecule has 0 heterocycles. The fraction of sp³-hybridized carbons (Fsp3) is 0.529. The van der Waals surface area contributed by atoms with Crippen LogP contribution in [0.5, 0.6) is 5.75 Å². The van der Waals surface area contributed by atoms with Crippen LogP contribution < -0.4 is 5.32 Å². The van der Waals surface area contributed by atoms with E-state index >= 15 is 0 Å². The quantitative estimate of drug-likeness (QED) is 0.792. The third-order valence-electron chi connectivity index (χ3n) is 3.88. The molecule has 23 heavy (non-hydrogen) atoms. The number of alkyl carbamates (subject to hydrolysis) is 1. The molecule has 2 atom stereocenters. The highest BCUT2D eigenvalue weighted by Gasteiger charge is 2.34. The predicted molar refractivity (Wildman–Crippen MR) is 84.5 cm³/mol. The molecule has 0 saturated carbocycles. The third kappa shape index (κ3) is 4.61. The van der Waals surface area contributed by atoms with Crippen molar-refractivity contribution in [3.05, 3.63) is 29.3 Å². The minimum Gasteiger partial charge on any atom is -0.508 e. The van der Waals surface area contributed by atoms with Crippen LogP contribution in [0.1, 0.15) is 44.2 Å². The van der Waals surface area contributed by atoms with E-state index in [1.807, 2.05) is 0 Å². The highest BCUT2D eigenvalue weighted by atomic mass is 16.6.